The van der Waals surface area contributed by atoms with Gasteiger partial charge in [0, 0.05) is 26.2 Å². The third-order valence-electron chi connectivity index (χ3n) is 4.55. The average Bonchev–Trinajstić information content (AvgIpc) is 2.64. The van der Waals surface area contributed by atoms with Crippen LogP contribution in [0.1, 0.15) is 30.4 Å². The first-order valence-electron chi connectivity index (χ1n) is 9.22. The monoisotopic (exact) mass is 388 g/mol. The second-order valence-corrected chi connectivity index (χ2v) is 6.71. The largest absolute Gasteiger partial charge is 0.488 e. The van der Waals surface area contributed by atoms with Gasteiger partial charge in [-0.2, -0.15) is 13.2 Å². The summed E-state index contributed by atoms with van der Waals surface area (Å²) in [4.78, 5) is 4.31. The summed E-state index contributed by atoms with van der Waals surface area (Å²) in [6.45, 7) is 3.67. The van der Waals surface area contributed by atoms with Gasteiger partial charge in [0.15, 0.2) is 5.96 Å². The fourth-order valence-corrected chi connectivity index (χ4v) is 3.21. The Kier molecular flexibility index (Phi) is 6.41. The maximum Gasteiger partial charge on any atom is 0.420 e. The number of fused-ring (bicyclic) bond motifs is 1. The number of guanidine groups is 1. The Morgan fingerprint density at radius 3 is 2.85 bits per heavy atom. The van der Waals surface area contributed by atoms with Crippen molar-refractivity contribution in [1.29, 1.82) is 0 Å². The third-order valence-corrected chi connectivity index (χ3v) is 4.55. The molecule has 0 radical (unpaired) electrons. The zero-order valence-electron chi connectivity index (χ0n) is 15.0. The molecular weight excluding hydrogens is 364 g/mol. The second kappa shape index (κ2) is 8.77. The quantitative estimate of drug-likeness (QED) is 0.518. The molecule has 0 aromatic heterocycles. The highest BCUT2D eigenvalue weighted by molar-refractivity contribution is 5.80. The molecule has 0 spiro atoms. The van der Waals surface area contributed by atoms with Crippen LogP contribution in [0.5, 0.6) is 5.75 Å². The molecule has 0 bridgehead atoms. The molecule has 27 heavy (non-hydrogen) atoms. The van der Waals surface area contributed by atoms with E-state index in [1.165, 1.54) is 0 Å². The third kappa shape index (κ3) is 5.47. The van der Waals surface area contributed by atoms with Crippen molar-refractivity contribution in [2.24, 2.45) is 4.99 Å². The first-order valence-corrected chi connectivity index (χ1v) is 9.22. The molecule has 150 valence electrons. The van der Waals surface area contributed by atoms with Crippen LogP contribution >= 0.6 is 0 Å². The number of hydrogen-bond donors (Lipinski definition) is 3. The van der Waals surface area contributed by atoms with E-state index in [-0.39, 0.29) is 17.4 Å². The topological polar surface area (TPSA) is 57.7 Å². The molecule has 1 atom stereocenters. The highest BCUT2D eigenvalue weighted by atomic mass is 19.4. The summed E-state index contributed by atoms with van der Waals surface area (Å²) in [5.74, 6) is -0.295. The molecule has 1 unspecified atom stereocenters. The molecule has 2 aliphatic rings. The zero-order chi connectivity index (χ0) is 19.3. The number of alkyl halides is 3. The van der Waals surface area contributed by atoms with Gasteiger partial charge in [-0.25, -0.2) is 4.39 Å². The molecule has 9 heteroatoms. The van der Waals surface area contributed by atoms with E-state index in [0.717, 1.165) is 44.5 Å². The van der Waals surface area contributed by atoms with Crippen molar-refractivity contribution < 1.29 is 22.3 Å². The van der Waals surface area contributed by atoms with E-state index < -0.39 is 17.6 Å². The van der Waals surface area contributed by atoms with Crippen LogP contribution in [0.25, 0.3) is 0 Å². The van der Waals surface area contributed by atoms with E-state index in [1.807, 2.05) is 0 Å². The van der Waals surface area contributed by atoms with Crippen molar-refractivity contribution in [1.82, 2.24) is 16.0 Å². The van der Waals surface area contributed by atoms with Gasteiger partial charge in [-0.15, -0.1) is 0 Å². The maximum atomic E-state index is 13.5. The number of nitrogens with one attached hydrogen (secondary N) is 3. The normalized spacial score (nSPS) is 19.6. The van der Waals surface area contributed by atoms with Crippen molar-refractivity contribution in [3.8, 4) is 5.75 Å². The Balaban J connectivity index is 1.44. The number of aliphatic imine (C=N–C) groups is 1. The molecule has 0 saturated carbocycles. The van der Waals surface area contributed by atoms with E-state index in [2.05, 4.69) is 20.9 Å². The zero-order valence-corrected chi connectivity index (χ0v) is 15.0. The van der Waals surface area contributed by atoms with E-state index in [1.54, 1.807) is 0 Å². The molecule has 1 aromatic rings. The number of benzene rings is 1. The number of ether oxygens (including phenoxy) is 1. The van der Waals surface area contributed by atoms with Crippen LogP contribution < -0.4 is 20.7 Å². The lowest BCUT2D eigenvalue weighted by atomic mass is 9.98. The average molecular weight is 388 g/mol. The van der Waals surface area contributed by atoms with E-state index in [0.29, 0.717) is 32.0 Å². The van der Waals surface area contributed by atoms with Crippen molar-refractivity contribution in [3.05, 3.63) is 29.1 Å². The molecule has 0 fully saturated rings. The first kappa shape index (κ1) is 19.7. The molecule has 0 aliphatic carbocycles. The predicted molar refractivity (Wildman–Crippen MR) is 94.6 cm³/mol. The van der Waals surface area contributed by atoms with Gasteiger partial charge in [0.1, 0.15) is 23.2 Å². The van der Waals surface area contributed by atoms with Crippen molar-refractivity contribution in [3.63, 3.8) is 0 Å². The molecule has 2 heterocycles. The van der Waals surface area contributed by atoms with Gasteiger partial charge in [-0.1, -0.05) is 0 Å². The number of nitrogens with zero attached hydrogens (tertiary/aromatic N) is 1. The minimum Gasteiger partial charge on any atom is -0.488 e. The summed E-state index contributed by atoms with van der Waals surface area (Å²) in [6.07, 6.45) is -2.18. The fraction of sp³-hybridized carbons (Fsp3) is 0.611. The minimum atomic E-state index is -4.64. The molecule has 0 amide bonds. The van der Waals surface area contributed by atoms with Crippen LogP contribution in [0.4, 0.5) is 17.6 Å². The Hall–Kier alpha value is -2.03. The van der Waals surface area contributed by atoms with Crippen LogP contribution in [-0.4, -0.2) is 44.8 Å². The lowest BCUT2D eigenvalue weighted by molar-refractivity contribution is -0.139. The summed E-state index contributed by atoms with van der Waals surface area (Å²) in [7, 11) is 0. The maximum absolute atomic E-state index is 13.5. The highest BCUT2D eigenvalue weighted by Crippen LogP contribution is 2.41. The van der Waals surface area contributed by atoms with Gasteiger partial charge in [0.2, 0.25) is 0 Å². The van der Waals surface area contributed by atoms with Crippen LogP contribution in [0.2, 0.25) is 0 Å². The summed E-state index contributed by atoms with van der Waals surface area (Å²) >= 11 is 0. The van der Waals surface area contributed by atoms with Gasteiger partial charge in [-0.05, 0) is 49.9 Å². The number of aryl methyl sites for hydroxylation is 1. The van der Waals surface area contributed by atoms with Gasteiger partial charge in [0.05, 0.1) is 0 Å². The smallest absolute Gasteiger partial charge is 0.420 e. The summed E-state index contributed by atoms with van der Waals surface area (Å²) < 4.78 is 58.4. The van der Waals surface area contributed by atoms with Crippen LogP contribution in [0.15, 0.2) is 17.1 Å². The minimum absolute atomic E-state index is 0.231. The van der Waals surface area contributed by atoms with Crippen LogP contribution in [-0.2, 0) is 12.6 Å². The van der Waals surface area contributed by atoms with Crippen molar-refractivity contribution in [2.45, 2.75) is 38.0 Å². The Morgan fingerprint density at radius 1 is 1.26 bits per heavy atom. The van der Waals surface area contributed by atoms with Crippen LogP contribution in [0, 0.1) is 5.82 Å². The molecule has 2 aliphatic heterocycles. The second-order valence-electron chi connectivity index (χ2n) is 6.71. The SMILES string of the molecule is Fc1cc2c(c(C(F)(F)F)c1)OC(CNCCCNC1=NCCCN1)CC2. The Morgan fingerprint density at radius 2 is 2.11 bits per heavy atom. The summed E-state index contributed by atoms with van der Waals surface area (Å²) in [5, 5.41) is 9.59. The van der Waals surface area contributed by atoms with Crippen LogP contribution in [0.3, 0.4) is 0 Å². The Labute approximate surface area is 155 Å². The molecule has 3 rings (SSSR count). The number of hydrogen-bond acceptors (Lipinski definition) is 5. The molecule has 5 nitrogen and oxygen atoms in total. The fourth-order valence-electron chi connectivity index (χ4n) is 3.21. The number of halogens is 4. The van der Waals surface area contributed by atoms with Crippen molar-refractivity contribution >= 4 is 5.96 Å². The summed E-state index contributed by atoms with van der Waals surface area (Å²) in [6, 6.07) is 1.63. The Bertz CT molecular complexity index is 678. The van der Waals surface area contributed by atoms with E-state index in [9.17, 15) is 17.6 Å². The van der Waals surface area contributed by atoms with Crippen molar-refractivity contribution in [2.75, 3.05) is 32.7 Å². The lowest BCUT2D eigenvalue weighted by Crippen LogP contribution is -2.42. The lowest BCUT2D eigenvalue weighted by Gasteiger charge is -2.29. The predicted octanol–water partition coefficient (Wildman–Crippen LogP) is 2.46. The van der Waals surface area contributed by atoms with Gasteiger partial charge < -0.3 is 20.7 Å². The first-order chi connectivity index (χ1) is 12.9. The van der Waals surface area contributed by atoms with E-state index >= 15 is 0 Å². The van der Waals surface area contributed by atoms with E-state index in [4.69, 9.17) is 4.74 Å². The standard InChI is InChI=1S/C18H24F4N4O/c19-13-9-12-3-4-14(27-16(12)15(10-13)18(20,21)22)11-23-5-1-6-24-17-25-7-2-8-26-17/h9-10,14,23H,1-8,11H2,(H2,24,25,26). The molecule has 3 N–H and O–H groups in total. The number of rotatable bonds is 6. The van der Waals surface area contributed by atoms with Gasteiger partial charge in [0.25, 0.3) is 0 Å². The molecule has 1 aromatic carbocycles. The summed E-state index contributed by atoms with van der Waals surface area (Å²) in [5.41, 5.74) is -0.754. The van der Waals surface area contributed by atoms with Gasteiger partial charge >= 0.3 is 6.18 Å². The van der Waals surface area contributed by atoms with Gasteiger partial charge in [-0.3, -0.25) is 4.99 Å². The molecule has 0 saturated heterocycles. The highest BCUT2D eigenvalue weighted by Gasteiger charge is 2.38. The molecular formula is C18H24F4N4O.